The SMILES string of the molecule is COc1ccc(Br)cc1COC(=O)C1CC1[N+](=O)[O-]. The maximum absolute atomic E-state index is 11.6. The van der Waals surface area contributed by atoms with Gasteiger partial charge in [0.1, 0.15) is 18.3 Å². The number of carbonyl (C=O) groups is 1. The van der Waals surface area contributed by atoms with Gasteiger partial charge in [-0.1, -0.05) is 15.9 Å². The van der Waals surface area contributed by atoms with E-state index in [1.807, 2.05) is 6.07 Å². The minimum atomic E-state index is -0.781. The fourth-order valence-corrected chi connectivity index (χ4v) is 2.19. The van der Waals surface area contributed by atoms with E-state index < -0.39 is 22.9 Å². The number of nitrogens with zero attached hydrogens (tertiary/aromatic N) is 1. The minimum absolute atomic E-state index is 0.0440. The molecule has 0 heterocycles. The number of carbonyl (C=O) groups excluding carboxylic acids is 1. The van der Waals surface area contributed by atoms with Crippen molar-refractivity contribution in [3.63, 3.8) is 0 Å². The minimum Gasteiger partial charge on any atom is -0.496 e. The molecule has 1 fully saturated rings. The van der Waals surface area contributed by atoms with Gasteiger partial charge in [0, 0.05) is 21.4 Å². The van der Waals surface area contributed by atoms with Crippen molar-refractivity contribution in [1.29, 1.82) is 0 Å². The van der Waals surface area contributed by atoms with Crippen LogP contribution in [0.3, 0.4) is 0 Å². The van der Waals surface area contributed by atoms with Crippen LogP contribution in [0.4, 0.5) is 0 Å². The number of nitro groups is 1. The van der Waals surface area contributed by atoms with Crippen LogP contribution < -0.4 is 4.74 Å². The molecule has 0 spiro atoms. The van der Waals surface area contributed by atoms with Crippen LogP contribution in [0, 0.1) is 16.0 Å². The normalized spacial score (nSPS) is 20.7. The van der Waals surface area contributed by atoms with Crippen molar-refractivity contribution in [1.82, 2.24) is 0 Å². The highest BCUT2D eigenvalue weighted by Crippen LogP contribution is 2.34. The molecule has 19 heavy (non-hydrogen) atoms. The summed E-state index contributed by atoms with van der Waals surface area (Å²) in [5.41, 5.74) is 0.712. The maximum Gasteiger partial charge on any atom is 0.316 e. The quantitative estimate of drug-likeness (QED) is 0.470. The molecular weight excluding hydrogens is 318 g/mol. The van der Waals surface area contributed by atoms with E-state index in [1.165, 1.54) is 7.11 Å². The number of hydrogen-bond donors (Lipinski definition) is 0. The summed E-state index contributed by atoms with van der Waals surface area (Å²) >= 11 is 3.32. The van der Waals surface area contributed by atoms with Gasteiger partial charge < -0.3 is 9.47 Å². The zero-order valence-corrected chi connectivity index (χ0v) is 11.8. The summed E-state index contributed by atoms with van der Waals surface area (Å²) < 4.78 is 11.1. The maximum atomic E-state index is 11.6. The summed E-state index contributed by atoms with van der Waals surface area (Å²) in [6.45, 7) is 0.0440. The second kappa shape index (κ2) is 5.56. The second-order valence-electron chi connectivity index (χ2n) is 4.26. The first kappa shape index (κ1) is 13.8. The van der Waals surface area contributed by atoms with Crippen LogP contribution in [0.15, 0.2) is 22.7 Å². The molecule has 0 amide bonds. The molecule has 7 heteroatoms. The number of esters is 1. The molecule has 1 aliphatic carbocycles. The Bertz CT molecular complexity index is 519. The zero-order valence-electron chi connectivity index (χ0n) is 10.2. The molecule has 1 aliphatic rings. The molecule has 102 valence electrons. The van der Waals surface area contributed by atoms with E-state index >= 15 is 0 Å². The highest BCUT2D eigenvalue weighted by atomic mass is 79.9. The van der Waals surface area contributed by atoms with Crippen LogP contribution in [0.25, 0.3) is 0 Å². The van der Waals surface area contributed by atoms with E-state index in [9.17, 15) is 14.9 Å². The van der Waals surface area contributed by atoms with Gasteiger partial charge in [0.25, 0.3) is 0 Å². The first-order chi connectivity index (χ1) is 9.02. The lowest BCUT2D eigenvalue weighted by Gasteiger charge is -2.09. The summed E-state index contributed by atoms with van der Waals surface area (Å²) in [4.78, 5) is 21.6. The summed E-state index contributed by atoms with van der Waals surface area (Å²) in [6, 6.07) is 4.57. The fourth-order valence-electron chi connectivity index (χ4n) is 1.78. The molecule has 0 bridgehead atoms. The predicted octanol–water partition coefficient (Wildman–Crippen LogP) is 2.17. The first-order valence-electron chi connectivity index (χ1n) is 5.65. The average molecular weight is 330 g/mol. The van der Waals surface area contributed by atoms with E-state index in [1.54, 1.807) is 12.1 Å². The van der Waals surface area contributed by atoms with Gasteiger partial charge in [-0.05, 0) is 18.2 Å². The number of ether oxygens (including phenoxy) is 2. The standard InChI is InChI=1S/C12H12BrNO5/c1-18-11-3-2-8(13)4-7(11)6-19-12(15)9-5-10(9)14(16)17/h2-4,9-10H,5-6H2,1H3. The third kappa shape index (κ3) is 3.23. The van der Waals surface area contributed by atoms with Gasteiger partial charge >= 0.3 is 5.97 Å². The molecule has 1 aromatic carbocycles. The van der Waals surface area contributed by atoms with Gasteiger partial charge in [0.15, 0.2) is 0 Å². The number of benzene rings is 1. The van der Waals surface area contributed by atoms with Gasteiger partial charge in [-0.25, -0.2) is 0 Å². The van der Waals surface area contributed by atoms with Crippen molar-refractivity contribution >= 4 is 21.9 Å². The van der Waals surface area contributed by atoms with Gasteiger partial charge in [0.05, 0.1) is 7.11 Å². The molecule has 1 aromatic rings. The van der Waals surface area contributed by atoms with Crippen molar-refractivity contribution in [2.45, 2.75) is 19.1 Å². The predicted molar refractivity (Wildman–Crippen MR) is 69.4 cm³/mol. The van der Waals surface area contributed by atoms with Crippen molar-refractivity contribution in [3.8, 4) is 5.75 Å². The molecule has 0 N–H and O–H groups in total. The molecule has 0 aliphatic heterocycles. The van der Waals surface area contributed by atoms with Gasteiger partial charge in [-0.2, -0.15) is 0 Å². The Morgan fingerprint density at radius 1 is 1.58 bits per heavy atom. The Morgan fingerprint density at radius 2 is 2.32 bits per heavy atom. The van der Waals surface area contributed by atoms with Crippen molar-refractivity contribution in [2.75, 3.05) is 7.11 Å². The van der Waals surface area contributed by atoms with Crippen molar-refractivity contribution in [3.05, 3.63) is 38.3 Å². The molecule has 0 aromatic heterocycles. The summed E-state index contributed by atoms with van der Waals surface area (Å²) in [5.74, 6) is -0.519. The van der Waals surface area contributed by atoms with Gasteiger partial charge in [0.2, 0.25) is 6.04 Å². The molecule has 1 saturated carbocycles. The Hall–Kier alpha value is -1.63. The third-order valence-corrected chi connectivity index (χ3v) is 3.44. The van der Waals surface area contributed by atoms with Gasteiger partial charge in [-0.15, -0.1) is 0 Å². The van der Waals surface area contributed by atoms with Crippen LogP contribution in [0.2, 0.25) is 0 Å². The monoisotopic (exact) mass is 329 g/mol. The summed E-state index contributed by atoms with van der Waals surface area (Å²) in [5, 5.41) is 10.5. The third-order valence-electron chi connectivity index (χ3n) is 2.94. The second-order valence-corrected chi connectivity index (χ2v) is 5.17. The lowest BCUT2D eigenvalue weighted by Crippen LogP contribution is -2.13. The number of rotatable bonds is 5. The molecule has 2 atom stereocenters. The molecule has 6 nitrogen and oxygen atoms in total. The number of halogens is 1. The van der Waals surface area contributed by atoms with E-state index in [4.69, 9.17) is 9.47 Å². The highest BCUT2D eigenvalue weighted by molar-refractivity contribution is 9.10. The van der Waals surface area contributed by atoms with Crippen LogP contribution in [-0.4, -0.2) is 24.0 Å². The van der Waals surface area contributed by atoms with Crippen LogP contribution in [0.1, 0.15) is 12.0 Å². The largest absolute Gasteiger partial charge is 0.496 e. The Morgan fingerprint density at radius 3 is 2.89 bits per heavy atom. The average Bonchev–Trinajstić information content (AvgIpc) is 3.16. The smallest absolute Gasteiger partial charge is 0.316 e. The van der Waals surface area contributed by atoms with Gasteiger partial charge in [-0.3, -0.25) is 14.9 Å². The Kier molecular flexibility index (Phi) is 4.04. The number of hydrogen-bond acceptors (Lipinski definition) is 5. The first-order valence-corrected chi connectivity index (χ1v) is 6.44. The summed E-state index contributed by atoms with van der Waals surface area (Å²) in [7, 11) is 1.53. The van der Waals surface area contributed by atoms with E-state index in [0.29, 0.717) is 11.3 Å². The van der Waals surface area contributed by atoms with E-state index in [0.717, 1.165) is 4.47 Å². The molecule has 0 saturated heterocycles. The van der Waals surface area contributed by atoms with Crippen molar-refractivity contribution in [2.24, 2.45) is 5.92 Å². The van der Waals surface area contributed by atoms with Crippen LogP contribution in [-0.2, 0) is 16.1 Å². The lowest BCUT2D eigenvalue weighted by molar-refractivity contribution is -0.497. The Balaban J connectivity index is 1.94. The van der Waals surface area contributed by atoms with E-state index in [-0.39, 0.29) is 13.0 Å². The molecular formula is C12H12BrNO5. The molecule has 0 radical (unpaired) electrons. The van der Waals surface area contributed by atoms with E-state index in [2.05, 4.69) is 15.9 Å². The summed E-state index contributed by atoms with van der Waals surface area (Å²) in [6.07, 6.45) is 0.265. The van der Waals surface area contributed by atoms with Crippen LogP contribution >= 0.6 is 15.9 Å². The fraction of sp³-hybridized carbons (Fsp3) is 0.417. The Labute approximate surface area is 118 Å². The lowest BCUT2D eigenvalue weighted by atomic mass is 10.2. The topological polar surface area (TPSA) is 78.7 Å². The number of methoxy groups -OCH3 is 1. The van der Waals surface area contributed by atoms with Crippen LogP contribution in [0.5, 0.6) is 5.75 Å². The zero-order chi connectivity index (χ0) is 14.0. The molecule has 2 unspecified atom stereocenters. The van der Waals surface area contributed by atoms with Crippen molar-refractivity contribution < 1.29 is 19.2 Å². The highest BCUT2D eigenvalue weighted by Gasteiger charge is 2.54. The molecule has 2 rings (SSSR count).